The zero-order valence-corrected chi connectivity index (χ0v) is 14.5. The van der Waals surface area contributed by atoms with E-state index in [9.17, 15) is 0 Å². The first kappa shape index (κ1) is 14.5. The molecule has 0 aromatic carbocycles. The Morgan fingerprint density at radius 1 is 1.08 bits per heavy atom. The minimum Gasteiger partial charge on any atom is -0.493 e. The molecular weight excluding hydrogens is 314 g/mol. The zero-order chi connectivity index (χ0) is 17.1. The molecule has 0 spiro atoms. The first-order valence-electron chi connectivity index (χ1n) is 8.53. The van der Waals surface area contributed by atoms with Crippen molar-refractivity contribution in [3.63, 3.8) is 0 Å². The number of hydrogen-bond donors (Lipinski definition) is 0. The molecule has 25 heavy (non-hydrogen) atoms. The lowest BCUT2D eigenvalue weighted by atomic mass is 10.2. The van der Waals surface area contributed by atoms with Crippen LogP contribution in [-0.2, 0) is 0 Å². The van der Waals surface area contributed by atoms with Crippen LogP contribution in [0.5, 0.6) is 5.75 Å². The third kappa shape index (κ3) is 2.28. The minimum atomic E-state index is 0.611. The van der Waals surface area contributed by atoms with Crippen molar-refractivity contribution in [2.24, 2.45) is 0 Å². The Kier molecular flexibility index (Phi) is 2.92. The lowest BCUT2D eigenvalue weighted by Gasteiger charge is -2.05. The minimum absolute atomic E-state index is 0.611. The van der Waals surface area contributed by atoms with Crippen LogP contribution in [0, 0.1) is 13.8 Å². The van der Waals surface area contributed by atoms with E-state index in [0.717, 1.165) is 45.3 Å². The highest BCUT2D eigenvalue weighted by Gasteiger charge is 2.27. The van der Waals surface area contributed by atoms with Crippen LogP contribution < -0.4 is 4.74 Å². The number of methoxy groups -OCH3 is 1. The van der Waals surface area contributed by atoms with Crippen molar-refractivity contribution < 1.29 is 4.74 Å². The first-order chi connectivity index (χ1) is 12.1. The van der Waals surface area contributed by atoms with Gasteiger partial charge in [0.1, 0.15) is 0 Å². The van der Waals surface area contributed by atoms with Crippen LogP contribution in [0.1, 0.15) is 35.8 Å². The second kappa shape index (κ2) is 5.05. The highest BCUT2D eigenvalue weighted by molar-refractivity contribution is 5.71. The van der Waals surface area contributed by atoms with Crippen LogP contribution in [0.3, 0.4) is 0 Å². The van der Waals surface area contributed by atoms with Gasteiger partial charge in [0.05, 0.1) is 41.6 Å². The molecule has 1 fully saturated rings. The molecule has 0 bridgehead atoms. The molecule has 0 aliphatic heterocycles. The summed E-state index contributed by atoms with van der Waals surface area (Å²) in [6.07, 6.45) is 8.61. The fourth-order valence-corrected chi connectivity index (χ4v) is 3.38. The Morgan fingerprint density at radius 2 is 1.92 bits per heavy atom. The van der Waals surface area contributed by atoms with Crippen LogP contribution in [0.4, 0.5) is 0 Å². The van der Waals surface area contributed by atoms with E-state index in [-0.39, 0.29) is 0 Å². The van der Waals surface area contributed by atoms with Gasteiger partial charge in [0.25, 0.3) is 0 Å². The van der Waals surface area contributed by atoms with Crippen molar-refractivity contribution in [2.75, 3.05) is 7.11 Å². The average Bonchev–Trinajstić information content (AvgIpc) is 3.20. The molecule has 1 saturated carbocycles. The Labute approximate surface area is 145 Å². The predicted molar refractivity (Wildman–Crippen MR) is 95.2 cm³/mol. The van der Waals surface area contributed by atoms with Gasteiger partial charge in [-0.3, -0.25) is 4.98 Å². The monoisotopic (exact) mass is 333 g/mol. The smallest absolute Gasteiger partial charge is 0.179 e. The number of pyridine rings is 1. The fraction of sp³-hybridized carbons (Fsp3) is 0.316. The van der Waals surface area contributed by atoms with E-state index in [1.165, 1.54) is 12.8 Å². The summed E-state index contributed by atoms with van der Waals surface area (Å²) >= 11 is 0. The molecule has 0 saturated heterocycles. The van der Waals surface area contributed by atoms with Crippen LogP contribution in [-0.4, -0.2) is 31.1 Å². The molecular formula is C19H19N5O. The Hall–Kier alpha value is -2.89. The number of imidazole rings is 1. The molecule has 1 aliphatic carbocycles. The third-order valence-corrected chi connectivity index (χ3v) is 4.81. The molecule has 6 heteroatoms. The summed E-state index contributed by atoms with van der Waals surface area (Å²) in [6.45, 7) is 3.99. The van der Waals surface area contributed by atoms with Crippen LogP contribution in [0.15, 0.2) is 30.7 Å². The molecule has 6 nitrogen and oxygen atoms in total. The molecule has 0 atom stereocenters. The molecule has 0 radical (unpaired) electrons. The number of aryl methyl sites for hydroxylation is 2. The van der Waals surface area contributed by atoms with E-state index >= 15 is 0 Å². The van der Waals surface area contributed by atoms with E-state index in [0.29, 0.717) is 5.92 Å². The molecule has 1 aliphatic rings. The van der Waals surface area contributed by atoms with Gasteiger partial charge in [-0.05, 0) is 38.8 Å². The van der Waals surface area contributed by atoms with Crippen molar-refractivity contribution in [2.45, 2.75) is 32.6 Å². The normalized spacial score (nSPS) is 14.5. The summed E-state index contributed by atoms with van der Waals surface area (Å²) in [6, 6.07) is 4.08. The Balaban J connectivity index is 1.70. The number of aromatic nitrogens is 5. The summed E-state index contributed by atoms with van der Waals surface area (Å²) in [5.41, 5.74) is 6.87. The second-order valence-corrected chi connectivity index (χ2v) is 6.80. The van der Waals surface area contributed by atoms with Crippen LogP contribution >= 0.6 is 0 Å². The van der Waals surface area contributed by atoms with Crippen LogP contribution in [0.25, 0.3) is 22.4 Å². The van der Waals surface area contributed by atoms with Crippen molar-refractivity contribution >= 4 is 11.2 Å². The number of ether oxygens (including phenoxy) is 1. The van der Waals surface area contributed by atoms with Gasteiger partial charge in [-0.2, -0.15) is 5.10 Å². The molecule has 5 rings (SSSR count). The zero-order valence-electron chi connectivity index (χ0n) is 14.5. The average molecular weight is 333 g/mol. The molecule has 0 N–H and O–H groups in total. The van der Waals surface area contributed by atoms with Gasteiger partial charge >= 0.3 is 0 Å². The Bertz CT molecular complexity index is 1120. The van der Waals surface area contributed by atoms with Crippen molar-refractivity contribution in [1.82, 2.24) is 24.0 Å². The molecule has 0 amide bonds. The van der Waals surface area contributed by atoms with E-state index < -0.39 is 0 Å². The third-order valence-electron chi connectivity index (χ3n) is 4.81. The standard InChI is InChI=1S/C19H19N5O/c1-11-8-24-17(12(2)20-11)7-15(22-24)14-6-18(25-3)19-21-16(13-4-5-13)10-23(19)9-14/h6-10,13H,4-5H2,1-3H3. The van der Waals surface area contributed by atoms with E-state index in [4.69, 9.17) is 14.8 Å². The molecule has 4 heterocycles. The summed E-state index contributed by atoms with van der Waals surface area (Å²) in [5, 5.41) is 4.73. The largest absolute Gasteiger partial charge is 0.493 e. The van der Waals surface area contributed by atoms with Gasteiger partial charge < -0.3 is 9.14 Å². The van der Waals surface area contributed by atoms with Gasteiger partial charge in [-0.1, -0.05) is 0 Å². The summed E-state index contributed by atoms with van der Waals surface area (Å²) in [5.74, 6) is 1.38. The number of rotatable bonds is 3. The SMILES string of the molecule is COc1cc(-c2cc3c(C)nc(C)cn3n2)cn2cc(C3CC3)nc12. The molecule has 0 unspecified atom stereocenters. The van der Waals surface area contributed by atoms with E-state index in [1.807, 2.05) is 30.6 Å². The van der Waals surface area contributed by atoms with Crippen molar-refractivity contribution in [1.29, 1.82) is 0 Å². The number of fused-ring (bicyclic) bond motifs is 2. The second-order valence-electron chi connectivity index (χ2n) is 6.80. The lowest BCUT2D eigenvalue weighted by molar-refractivity contribution is 0.417. The summed E-state index contributed by atoms with van der Waals surface area (Å²) in [7, 11) is 1.69. The maximum Gasteiger partial charge on any atom is 0.179 e. The number of hydrogen-bond acceptors (Lipinski definition) is 4. The molecule has 4 aromatic rings. The number of nitrogens with zero attached hydrogens (tertiary/aromatic N) is 5. The summed E-state index contributed by atoms with van der Waals surface area (Å²) in [4.78, 5) is 9.27. The van der Waals surface area contributed by atoms with Crippen molar-refractivity contribution in [3.05, 3.63) is 47.8 Å². The maximum atomic E-state index is 5.59. The predicted octanol–water partition coefficient (Wildman–Crippen LogP) is 3.55. The van der Waals surface area contributed by atoms with E-state index in [1.54, 1.807) is 7.11 Å². The molecule has 126 valence electrons. The highest BCUT2D eigenvalue weighted by atomic mass is 16.5. The van der Waals surface area contributed by atoms with Crippen molar-refractivity contribution in [3.8, 4) is 17.0 Å². The topological polar surface area (TPSA) is 56.7 Å². The maximum absolute atomic E-state index is 5.59. The quantitative estimate of drug-likeness (QED) is 0.575. The fourth-order valence-electron chi connectivity index (χ4n) is 3.38. The van der Waals surface area contributed by atoms with Crippen LogP contribution in [0.2, 0.25) is 0 Å². The lowest BCUT2D eigenvalue weighted by Crippen LogP contribution is -1.95. The van der Waals surface area contributed by atoms with Gasteiger partial charge in [0.2, 0.25) is 0 Å². The summed E-state index contributed by atoms with van der Waals surface area (Å²) < 4.78 is 9.54. The van der Waals surface area contributed by atoms with Gasteiger partial charge in [0, 0.05) is 23.9 Å². The highest BCUT2D eigenvalue weighted by Crippen LogP contribution is 2.40. The van der Waals surface area contributed by atoms with Gasteiger partial charge in [-0.15, -0.1) is 0 Å². The Morgan fingerprint density at radius 3 is 2.68 bits per heavy atom. The molecule has 4 aromatic heterocycles. The van der Waals surface area contributed by atoms with Gasteiger partial charge in [0.15, 0.2) is 11.4 Å². The van der Waals surface area contributed by atoms with E-state index in [2.05, 4.69) is 27.8 Å². The first-order valence-corrected chi connectivity index (χ1v) is 8.53. The van der Waals surface area contributed by atoms with Gasteiger partial charge in [-0.25, -0.2) is 9.50 Å².